The lowest BCUT2D eigenvalue weighted by Gasteiger charge is -2.41. The van der Waals surface area contributed by atoms with Crippen LogP contribution in [0.15, 0.2) is 42.5 Å². The van der Waals surface area contributed by atoms with Crippen LogP contribution >= 0.6 is 0 Å². The monoisotopic (exact) mass is 360 g/mol. The van der Waals surface area contributed by atoms with E-state index in [1.807, 2.05) is 36.4 Å². The van der Waals surface area contributed by atoms with Gasteiger partial charge in [0, 0.05) is 38.7 Å². The molecule has 1 amide bonds. The molecule has 0 saturated carbocycles. The molecule has 2 saturated heterocycles. The van der Waals surface area contributed by atoms with E-state index in [2.05, 4.69) is 4.90 Å². The Morgan fingerprint density at radius 3 is 2.65 bits per heavy atom. The number of hydrogen-bond acceptors (Lipinski definition) is 5. The van der Waals surface area contributed by atoms with Crippen LogP contribution in [-0.4, -0.2) is 85.6 Å². The molecule has 142 valence electrons. The normalized spacial score (nSPS) is 24.9. The highest BCUT2D eigenvalue weighted by Crippen LogP contribution is 2.23. The Labute approximate surface area is 155 Å². The van der Waals surface area contributed by atoms with Crippen LogP contribution in [0, 0.1) is 0 Å². The predicted molar refractivity (Wildman–Crippen MR) is 98.9 cm³/mol. The van der Waals surface area contributed by atoms with Crippen LogP contribution in [0.4, 0.5) is 0 Å². The summed E-state index contributed by atoms with van der Waals surface area (Å²) < 4.78 is 11.2. The van der Waals surface area contributed by atoms with E-state index < -0.39 is 5.60 Å². The van der Waals surface area contributed by atoms with E-state index in [-0.39, 0.29) is 12.5 Å². The molecule has 1 atom stereocenters. The summed E-state index contributed by atoms with van der Waals surface area (Å²) >= 11 is 0. The van der Waals surface area contributed by atoms with E-state index in [9.17, 15) is 9.90 Å². The lowest BCUT2D eigenvalue weighted by molar-refractivity contribution is -0.153. The number of carbonyl (C=O) groups excluding carboxylic acids is 1. The number of amides is 1. The summed E-state index contributed by atoms with van der Waals surface area (Å²) in [6.45, 7) is 5.36. The number of nitrogens with zero attached hydrogens (tertiary/aromatic N) is 2. The molecule has 6 nitrogen and oxygen atoms in total. The number of ether oxygens (including phenoxy) is 2. The first-order valence-electron chi connectivity index (χ1n) is 9.25. The molecule has 26 heavy (non-hydrogen) atoms. The molecule has 1 aromatic carbocycles. The van der Waals surface area contributed by atoms with Gasteiger partial charge in [-0.2, -0.15) is 0 Å². The minimum Gasteiger partial charge on any atom is -0.393 e. The van der Waals surface area contributed by atoms with Gasteiger partial charge in [-0.05, 0) is 5.56 Å². The quantitative estimate of drug-likeness (QED) is 0.757. The van der Waals surface area contributed by atoms with E-state index in [0.29, 0.717) is 26.1 Å². The van der Waals surface area contributed by atoms with Gasteiger partial charge in [-0.15, -0.1) is 0 Å². The van der Waals surface area contributed by atoms with Gasteiger partial charge in [-0.1, -0.05) is 36.4 Å². The Balaban J connectivity index is 1.56. The molecule has 1 aromatic rings. The van der Waals surface area contributed by atoms with Crippen molar-refractivity contribution in [3.63, 3.8) is 0 Å². The maximum atomic E-state index is 12.6. The van der Waals surface area contributed by atoms with Crippen molar-refractivity contribution in [3.05, 3.63) is 48.0 Å². The second-order valence-electron chi connectivity index (χ2n) is 6.93. The summed E-state index contributed by atoms with van der Waals surface area (Å²) in [4.78, 5) is 16.6. The van der Waals surface area contributed by atoms with Crippen molar-refractivity contribution < 1.29 is 19.4 Å². The van der Waals surface area contributed by atoms with Crippen molar-refractivity contribution in [1.29, 1.82) is 0 Å². The van der Waals surface area contributed by atoms with Crippen LogP contribution in [0.5, 0.6) is 0 Å². The molecule has 2 aliphatic rings. The lowest BCUT2D eigenvalue weighted by atomic mass is 9.93. The Hall–Kier alpha value is -1.73. The standard InChI is InChI=1S/C20H28N2O4/c23-17-20(15-18-5-2-1-3-6-18)16-22(11-14-26-20)19(24)7-4-8-21-9-12-25-13-10-21/h1-7,23H,8-17H2/b7-4+. The van der Waals surface area contributed by atoms with Gasteiger partial charge in [0.1, 0.15) is 5.60 Å². The highest BCUT2D eigenvalue weighted by atomic mass is 16.5. The predicted octanol–water partition coefficient (Wildman–Crippen LogP) is 0.707. The SMILES string of the molecule is O=C(/C=C/CN1CCOCC1)N1CCOC(CO)(Cc2ccccc2)C1. The number of aliphatic hydroxyl groups is 1. The minimum absolute atomic E-state index is 0.0209. The van der Waals surface area contributed by atoms with Gasteiger partial charge in [0.2, 0.25) is 5.91 Å². The van der Waals surface area contributed by atoms with Crippen LogP contribution in [0.2, 0.25) is 0 Å². The van der Waals surface area contributed by atoms with Gasteiger partial charge in [-0.25, -0.2) is 0 Å². The molecule has 0 spiro atoms. The molecular formula is C20H28N2O4. The summed E-state index contributed by atoms with van der Waals surface area (Å²) in [5.74, 6) is -0.0209. The number of aliphatic hydroxyl groups excluding tert-OH is 1. The topological polar surface area (TPSA) is 62.2 Å². The highest BCUT2D eigenvalue weighted by molar-refractivity contribution is 5.87. The molecule has 2 aliphatic heterocycles. The molecule has 1 unspecified atom stereocenters. The van der Waals surface area contributed by atoms with Crippen LogP contribution in [0.1, 0.15) is 5.56 Å². The molecule has 2 heterocycles. The third kappa shape index (κ3) is 5.14. The Morgan fingerprint density at radius 1 is 1.15 bits per heavy atom. The molecular weight excluding hydrogens is 332 g/mol. The van der Waals surface area contributed by atoms with Crippen LogP contribution in [0.25, 0.3) is 0 Å². The number of benzene rings is 1. The summed E-state index contributed by atoms with van der Waals surface area (Å²) in [7, 11) is 0. The van der Waals surface area contributed by atoms with Crippen molar-refractivity contribution >= 4 is 5.91 Å². The first-order chi connectivity index (χ1) is 12.7. The van der Waals surface area contributed by atoms with Crippen molar-refractivity contribution in [3.8, 4) is 0 Å². The zero-order valence-electron chi connectivity index (χ0n) is 15.2. The second kappa shape index (κ2) is 9.28. The summed E-state index contributed by atoms with van der Waals surface area (Å²) in [5, 5.41) is 9.95. The summed E-state index contributed by atoms with van der Waals surface area (Å²) in [6.07, 6.45) is 4.15. The van der Waals surface area contributed by atoms with E-state index in [4.69, 9.17) is 9.47 Å². The average Bonchev–Trinajstić information content (AvgIpc) is 2.69. The molecule has 0 bridgehead atoms. The zero-order chi connectivity index (χ0) is 18.2. The van der Waals surface area contributed by atoms with E-state index >= 15 is 0 Å². The molecule has 6 heteroatoms. The van der Waals surface area contributed by atoms with Gasteiger partial charge in [0.05, 0.1) is 33.0 Å². The zero-order valence-corrected chi connectivity index (χ0v) is 15.2. The molecule has 1 N–H and O–H groups in total. The molecule has 0 aromatic heterocycles. The van der Waals surface area contributed by atoms with E-state index in [1.54, 1.807) is 11.0 Å². The van der Waals surface area contributed by atoms with Gasteiger partial charge in [0.15, 0.2) is 0 Å². The highest BCUT2D eigenvalue weighted by Gasteiger charge is 2.37. The maximum absolute atomic E-state index is 12.6. The van der Waals surface area contributed by atoms with Crippen molar-refractivity contribution in [2.24, 2.45) is 0 Å². The van der Waals surface area contributed by atoms with Crippen molar-refractivity contribution in [1.82, 2.24) is 9.80 Å². The molecule has 0 radical (unpaired) electrons. The lowest BCUT2D eigenvalue weighted by Crippen LogP contribution is -2.56. The minimum atomic E-state index is -0.729. The number of carbonyl (C=O) groups is 1. The fraction of sp³-hybridized carbons (Fsp3) is 0.550. The third-order valence-corrected chi connectivity index (χ3v) is 4.95. The van der Waals surface area contributed by atoms with Crippen molar-refractivity contribution in [2.45, 2.75) is 12.0 Å². The molecule has 0 aliphatic carbocycles. The summed E-state index contributed by atoms with van der Waals surface area (Å²) in [5.41, 5.74) is 0.367. The van der Waals surface area contributed by atoms with E-state index in [0.717, 1.165) is 38.4 Å². The smallest absolute Gasteiger partial charge is 0.246 e. The van der Waals surface area contributed by atoms with Crippen LogP contribution in [0.3, 0.4) is 0 Å². The fourth-order valence-electron chi connectivity index (χ4n) is 3.45. The van der Waals surface area contributed by atoms with Crippen molar-refractivity contribution in [2.75, 3.05) is 59.2 Å². The third-order valence-electron chi connectivity index (χ3n) is 4.95. The molecule has 3 rings (SSSR count). The first-order valence-corrected chi connectivity index (χ1v) is 9.25. The second-order valence-corrected chi connectivity index (χ2v) is 6.93. The van der Waals surface area contributed by atoms with Gasteiger partial charge in [-0.3, -0.25) is 9.69 Å². The molecule has 2 fully saturated rings. The Morgan fingerprint density at radius 2 is 1.92 bits per heavy atom. The number of rotatable bonds is 6. The maximum Gasteiger partial charge on any atom is 0.246 e. The van der Waals surface area contributed by atoms with Gasteiger partial charge >= 0.3 is 0 Å². The Bertz CT molecular complexity index is 601. The summed E-state index contributed by atoms with van der Waals surface area (Å²) in [6, 6.07) is 9.94. The van der Waals surface area contributed by atoms with Crippen LogP contribution in [-0.2, 0) is 20.7 Å². The van der Waals surface area contributed by atoms with Crippen LogP contribution < -0.4 is 0 Å². The van der Waals surface area contributed by atoms with Gasteiger partial charge in [0.25, 0.3) is 0 Å². The first kappa shape index (κ1) is 19.0. The van der Waals surface area contributed by atoms with E-state index in [1.165, 1.54) is 0 Å². The Kier molecular flexibility index (Phi) is 6.80. The van der Waals surface area contributed by atoms with Gasteiger partial charge < -0.3 is 19.5 Å². The largest absolute Gasteiger partial charge is 0.393 e. The fourth-order valence-corrected chi connectivity index (χ4v) is 3.45. The average molecular weight is 360 g/mol. The number of morpholine rings is 2. The number of hydrogen-bond donors (Lipinski definition) is 1.